The number of nitrogens with zero attached hydrogens (tertiary/aromatic N) is 1. The number of hydrogen-bond donors (Lipinski definition) is 2. The molecule has 88 valence electrons. The zero-order chi connectivity index (χ0) is 10.8. The SMILES string of the molecule is CC(C)NCC(O)CN1CC2CCC1C2. The molecule has 0 amide bonds. The van der Waals surface area contributed by atoms with Gasteiger partial charge >= 0.3 is 0 Å². The number of aliphatic hydroxyl groups excluding tert-OH is 1. The normalized spacial score (nSPS) is 32.8. The second-order valence-corrected chi connectivity index (χ2v) is 5.50. The van der Waals surface area contributed by atoms with Crippen LogP contribution in [0.15, 0.2) is 0 Å². The topological polar surface area (TPSA) is 35.5 Å². The van der Waals surface area contributed by atoms with Crippen LogP contribution in [-0.2, 0) is 0 Å². The molecule has 1 heterocycles. The molecule has 1 saturated heterocycles. The summed E-state index contributed by atoms with van der Waals surface area (Å²) in [6, 6.07) is 1.25. The van der Waals surface area contributed by atoms with E-state index in [4.69, 9.17) is 0 Å². The molecule has 2 aliphatic rings. The van der Waals surface area contributed by atoms with Crippen LogP contribution in [0.5, 0.6) is 0 Å². The number of rotatable bonds is 5. The summed E-state index contributed by atoms with van der Waals surface area (Å²) in [7, 11) is 0. The van der Waals surface area contributed by atoms with Gasteiger partial charge in [-0.05, 0) is 25.2 Å². The van der Waals surface area contributed by atoms with Crippen LogP contribution < -0.4 is 5.32 Å². The van der Waals surface area contributed by atoms with Crippen molar-refractivity contribution in [3.8, 4) is 0 Å². The summed E-state index contributed by atoms with van der Waals surface area (Å²) < 4.78 is 0. The van der Waals surface area contributed by atoms with E-state index in [9.17, 15) is 5.11 Å². The fourth-order valence-electron chi connectivity index (χ4n) is 2.96. The minimum absolute atomic E-state index is 0.202. The van der Waals surface area contributed by atoms with Crippen molar-refractivity contribution in [1.82, 2.24) is 10.2 Å². The van der Waals surface area contributed by atoms with Crippen molar-refractivity contribution in [3.05, 3.63) is 0 Å². The van der Waals surface area contributed by atoms with Gasteiger partial charge in [0, 0.05) is 31.7 Å². The average Bonchev–Trinajstić information content (AvgIpc) is 2.76. The minimum Gasteiger partial charge on any atom is -0.390 e. The van der Waals surface area contributed by atoms with Crippen LogP contribution in [0.25, 0.3) is 0 Å². The number of hydrogen-bond acceptors (Lipinski definition) is 3. The quantitative estimate of drug-likeness (QED) is 0.708. The molecule has 0 aromatic rings. The van der Waals surface area contributed by atoms with E-state index in [0.717, 1.165) is 25.0 Å². The minimum atomic E-state index is -0.202. The highest BCUT2D eigenvalue weighted by Gasteiger charge is 2.37. The lowest BCUT2D eigenvalue weighted by Gasteiger charge is -2.29. The standard InChI is InChI=1S/C12H24N2O/c1-9(2)13-6-12(15)8-14-7-10-3-4-11(14)5-10/h9-13,15H,3-8H2,1-2H3. The highest BCUT2D eigenvalue weighted by molar-refractivity contribution is 4.92. The molecule has 1 aliphatic heterocycles. The Morgan fingerprint density at radius 3 is 2.73 bits per heavy atom. The first-order chi connectivity index (χ1) is 7.15. The third-order valence-electron chi connectivity index (χ3n) is 3.73. The molecule has 3 atom stereocenters. The maximum Gasteiger partial charge on any atom is 0.0791 e. The second-order valence-electron chi connectivity index (χ2n) is 5.50. The lowest BCUT2D eigenvalue weighted by molar-refractivity contribution is 0.0924. The van der Waals surface area contributed by atoms with Gasteiger partial charge in [0.1, 0.15) is 0 Å². The number of aliphatic hydroxyl groups is 1. The smallest absolute Gasteiger partial charge is 0.0791 e. The van der Waals surface area contributed by atoms with Crippen LogP contribution in [0, 0.1) is 5.92 Å². The maximum atomic E-state index is 9.88. The second kappa shape index (κ2) is 4.81. The fraction of sp³-hybridized carbons (Fsp3) is 1.00. The monoisotopic (exact) mass is 212 g/mol. The Morgan fingerprint density at radius 2 is 2.20 bits per heavy atom. The van der Waals surface area contributed by atoms with Gasteiger partial charge in [0.05, 0.1) is 6.10 Å². The number of β-amino-alcohol motifs (C(OH)–C–C–N with tert-alkyl or cyclic N) is 1. The van der Waals surface area contributed by atoms with Crippen LogP contribution in [-0.4, -0.2) is 47.8 Å². The van der Waals surface area contributed by atoms with Gasteiger partial charge < -0.3 is 10.4 Å². The third-order valence-corrected chi connectivity index (χ3v) is 3.73. The summed E-state index contributed by atoms with van der Waals surface area (Å²) >= 11 is 0. The molecule has 2 fully saturated rings. The van der Waals surface area contributed by atoms with E-state index >= 15 is 0 Å². The summed E-state index contributed by atoms with van der Waals surface area (Å²) in [6.07, 6.45) is 3.95. The molecule has 0 spiro atoms. The molecule has 1 saturated carbocycles. The van der Waals surface area contributed by atoms with Gasteiger partial charge in [0.2, 0.25) is 0 Å². The van der Waals surface area contributed by atoms with E-state index in [1.807, 2.05) is 0 Å². The molecule has 2 bridgehead atoms. The summed E-state index contributed by atoms with van der Waals surface area (Å²) in [4.78, 5) is 2.49. The van der Waals surface area contributed by atoms with Gasteiger partial charge in [-0.15, -0.1) is 0 Å². The third kappa shape index (κ3) is 2.92. The Balaban J connectivity index is 1.68. The molecular weight excluding hydrogens is 188 g/mol. The van der Waals surface area contributed by atoms with E-state index in [0.29, 0.717) is 6.04 Å². The Bertz CT molecular complexity index is 208. The van der Waals surface area contributed by atoms with Crippen LogP contribution in [0.1, 0.15) is 33.1 Å². The number of piperidine rings is 1. The molecule has 2 N–H and O–H groups in total. The zero-order valence-electron chi connectivity index (χ0n) is 9.95. The Hall–Kier alpha value is -0.120. The molecule has 0 aromatic carbocycles. The van der Waals surface area contributed by atoms with Crippen molar-refractivity contribution < 1.29 is 5.11 Å². The van der Waals surface area contributed by atoms with Gasteiger partial charge in [-0.1, -0.05) is 13.8 Å². The Kier molecular flexibility index (Phi) is 3.65. The average molecular weight is 212 g/mol. The van der Waals surface area contributed by atoms with Crippen molar-refractivity contribution in [3.63, 3.8) is 0 Å². The Morgan fingerprint density at radius 1 is 1.40 bits per heavy atom. The van der Waals surface area contributed by atoms with Crippen molar-refractivity contribution in [2.75, 3.05) is 19.6 Å². The van der Waals surface area contributed by atoms with Crippen molar-refractivity contribution in [1.29, 1.82) is 0 Å². The fourth-order valence-corrected chi connectivity index (χ4v) is 2.96. The van der Waals surface area contributed by atoms with E-state index in [1.165, 1.54) is 25.8 Å². The van der Waals surface area contributed by atoms with Crippen LogP contribution in [0.2, 0.25) is 0 Å². The lowest BCUT2D eigenvalue weighted by Crippen LogP contribution is -2.43. The molecule has 0 aromatic heterocycles. The molecule has 3 unspecified atom stereocenters. The van der Waals surface area contributed by atoms with Crippen molar-refractivity contribution in [2.45, 2.75) is 51.3 Å². The van der Waals surface area contributed by atoms with Crippen LogP contribution in [0.3, 0.4) is 0 Å². The van der Waals surface area contributed by atoms with Gasteiger partial charge in [0.25, 0.3) is 0 Å². The van der Waals surface area contributed by atoms with E-state index in [1.54, 1.807) is 0 Å². The van der Waals surface area contributed by atoms with Crippen LogP contribution in [0.4, 0.5) is 0 Å². The summed E-state index contributed by atoms with van der Waals surface area (Å²) in [6.45, 7) is 7.05. The van der Waals surface area contributed by atoms with Gasteiger partial charge in [0.15, 0.2) is 0 Å². The summed E-state index contributed by atoms with van der Waals surface area (Å²) in [5, 5.41) is 13.2. The first-order valence-corrected chi connectivity index (χ1v) is 6.30. The zero-order valence-corrected chi connectivity index (χ0v) is 9.95. The van der Waals surface area contributed by atoms with Crippen LogP contribution >= 0.6 is 0 Å². The lowest BCUT2D eigenvalue weighted by atomic mass is 10.1. The number of likely N-dealkylation sites (tertiary alicyclic amines) is 1. The Labute approximate surface area is 92.8 Å². The largest absolute Gasteiger partial charge is 0.390 e. The van der Waals surface area contributed by atoms with E-state index in [2.05, 4.69) is 24.1 Å². The molecule has 3 heteroatoms. The molecule has 15 heavy (non-hydrogen) atoms. The summed E-state index contributed by atoms with van der Waals surface area (Å²) in [5.74, 6) is 0.931. The van der Waals surface area contributed by atoms with Crippen molar-refractivity contribution >= 4 is 0 Å². The predicted molar refractivity (Wildman–Crippen MR) is 61.8 cm³/mol. The molecule has 3 nitrogen and oxygen atoms in total. The highest BCUT2D eigenvalue weighted by Crippen LogP contribution is 2.37. The highest BCUT2D eigenvalue weighted by atomic mass is 16.3. The number of fused-ring (bicyclic) bond motifs is 2. The first-order valence-electron chi connectivity index (χ1n) is 6.30. The van der Waals surface area contributed by atoms with Gasteiger partial charge in [-0.2, -0.15) is 0 Å². The van der Waals surface area contributed by atoms with E-state index < -0.39 is 0 Å². The van der Waals surface area contributed by atoms with Gasteiger partial charge in [-0.25, -0.2) is 0 Å². The molecule has 0 radical (unpaired) electrons. The number of nitrogens with one attached hydrogen (secondary N) is 1. The van der Waals surface area contributed by atoms with Crippen molar-refractivity contribution in [2.24, 2.45) is 5.92 Å². The summed E-state index contributed by atoms with van der Waals surface area (Å²) in [5.41, 5.74) is 0. The molecule has 2 rings (SSSR count). The molecule has 1 aliphatic carbocycles. The predicted octanol–water partition coefficient (Wildman–Crippen LogP) is 0.830. The van der Waals surface area contributed by atoms with E-state index in [-0.39, 0.29) is 6.10 Å². The van der Waals surface area contributed by atoms with Gasteiger partial charge in [-0.3, -0.25) is 4.90 Å². The first kappa shape index (κ1) is 11.4. The maximum absolute atomic E-state index is 9.88. The molecular formula is C12H24N2O.